The number of rotatable bonds is 29. The molecule has 9 amide bonds. The Balaban J connectivity index is 3.50. The van der Waals surface area contributed by atoms with Crippen LogP contribution in [0.15, 0.2) is 29.3 Å². The molecule has 1 aromatic carbocycles. The van der Waals surface area contributed by atoms with Crippen LogP contribution in [0.4, 0.5) is 0 Å². The number of aliphatic imine (C=N–C) groups is 1. The summed E-state index contributed by atoms with van der Waals surface area (Å²) in [5.41, 5.74) is 27.3. The second-order valence-electron chi connectivity index (χ2n) is 16.7. The smallest absolute Gasteiger partial charge is 0.305 e. The fraction of sp³-hybridized carbons (Fsp3) is 0.585. The minimum atomic E-state index is -1.92. The molecular weight excluding hydrogens is 883 g/mol. The van der Waals surface area contributed by atoms with E-state index in [1.54, 1.807) is 27.7 Å². The first-order valence-corrected chi connectivity index (χ1v) is 21.3. The summed E-state index contributed by atoms with van der Waals surface area (Å²) in [4.78, 5) is 134. The zero-order chi connectivity index (χ0) is 51.3. The van der Waals surface area contributed by atoms with Crippen molar-refractivity contribution in [3.63, 3.8) is 0 Å². The van der Waals surface area contributed by atoms with Gasteiger partial charge < -0.3 is 81.2 Å². The quantitative estimate of drug-likeness (QED) is 0.0203. The van der Waals surface area contributed by atoms with E-state index in [0.29, 0.717) is 5.56 Å². The van der Waals surface area contributed by atoms with E-state index in [1.807, 2.05) is 0 Å². The molecule has 9 atom stereocenters. The molecule has 0 aliphatic heterocycles. The molecule has 0 aliphatic carbocycles. The lowest BCUT2D eigenvalue weighted by Gasteiger charge is -2.29. The maximum atomic E-state index is 14.0. The van der Waals surface area contributed by atoms with Crippen LogP contribution in [0.25, 0.3) is 0 Å². The Bertz CT molecular complexity index is 1940. The first-order valence-electron chi connectivity index (χ1n) is 21.3. The van der Waals surface area contributed by atoms with E-state index in [-0.39, 0.29) is 49.9 Å². The van der Waals surface area contributed by atoms with Gasteiger partial charge in [0.1, 0.15) is 48.0 Å². The van der Waals surface area contributed by atoms with Crippen LogP contribution in [0.5, 0.6) is 5.75 Å². The van der Waals surface area contributed by atoms with Crippen molar-refractivity contribution in [1.29, 1.82) is 0 Å². The predicted molar refractivity (Wildman–Crippen MR) is 240 cm³/mol. The normalized spacial score (nSPS) is 15.1. The highest BCUT2D eigenvalue weighted by molar-refractivity contribution is 5.99. The van der Waals surface area contributed by atoms with Crippen LogP contribution in [0.2, 0.25) is 0 Å². The number of aliphatic carboxylic acids is 1. The van der Waals surface area contributed by atoms with Crippen molar-refractivity contribution in [2.75, 3.05) is 6.54 Å². The third kappa shape index (κ3) is 21.6. The van der Waals surface area contributed by atoms with E-state index in [1.165, 1.54) is 31.2 Å². The number of phenolic OH excluding ortho intramolecular Hbond substituents is 1. The number of nitrogens with zero attached hydrogens (tertiary/aromatic N) is 1. The van der Waals surface area contributed by atoms with Crippen LogP contribution < -0.4 is 65.9 Å². The SMILES string of the molecule is CC(C)CC(NC(=O)C(CC(=O)O)NC(=O)C(NC(=O)C(Cc1ccc(O)cc1)NC(=O)C(CCCN=C(N)N)NC(=O)C(N)CC(N)=O)C(C)O)C(=O)NC(C(=O)NC(C)C(N)=O)C(C)C. The minimum absolute atomic E-state index is 0.0147. The van der Waals surface area contributed by atoms with Gasteiger partial charge in [-0.1, -0.05) is 39.8 Å². The highest BCUT2D eigenvalue weighted by Crippen LogP contribution is 2.14. The van der Waals surface area contributed by atoms with Gasteiger partial charge in [-0.2, -0.15) is 0 Å². The first kappa shape index (κ1) is 57.9. The van der Waals surface area contributed by atoms with E-state index < -0.39 is 132 Å². The summed E-state index contributed by atoms with van der Waals surface area (Å²) in [5.74, 6) is -11.5. The van der Waals surface area contributed by atoms with Gasteiger partial charge in [-0.15, -0.1) is 0 Å². The molecule has 0 bridgehead atoms. The van der Waals surface area contributed by atoms with E-state index in [0.717, 1.165) is 6.92 Å². The molecule has 0 fully saturated rings. The second kappa shape index (κ2) is 28.1. The van der Waals surface area contributed by atoms with Crippen molar-refractivity contribution in [2.24, 2.45) is 45.5 Å². The average Bonchev–Trinajstić information content (AvgIpc) is 3.21. The van der Waals surface area contributed by atoms with Crippen LogP contribution >= 0.6 is 0 Å². The third-order valence-corrected chi connectivity index (χ3v) is 9.79. The number of carboxylic acid groups (broad SMARTS) is 1. The van der Waals surface area contributed by atoms with Crippen molar-refractivity contribution in [3.05, 3.63) is 29.8 Å². The van der Waals surface area contributed by atoms with E-state index in [9.17, 15) is 63.3 Å². The fourth-order valence-corrected chi connectivity index (χ4v) is 6.15. The zero-order valence-electron chi connectivity index (χ0n) is 38.4. The van der Waals surface area contributed by atoms with Crippen LogP contribution in [-0.2, 0) is 54.4 Å². The van der Waals surface area contributed by atoms with Gasteiger partial charge in [0, 0.05) is 13.0 Å². The van der Waals surface area contributed by atoms with Gasteiger partial charge in [-0.05, 0) is 62.6 Å². The number of hydrogen-bond donors (Lipinski definition) is 15. The Labute approximate surface area is 387 Å². The molecule has 26 heteroatoms. The van der Waals surface area contributed by atoms with Crippen LogP contribution in [0.3, 0.4) is 0 Å². The van der Waals surface area contributed by atoms with Gasteiger partial charge in [0.25, 0.3) is 0 Å². The average molecular weight is 950 g/mol. The van der Waals surface area contributed by atoms with Gasteiger partial charge in [-0.25, -0.2) is 0 Å². The molecule has 0 aromatic heterocycles. The van der Waals surface area contributed by atoms with Gasteiger partial charge in [0.05, 0.1) is 25.0 Å². The minimum Gasteiger partial charge on any atom is -0.508 e. The maximum absolute atomic E-state index is 14.0. The van der Waals surface area contributed by atoms with Crippen molar-refractivity contribution in [1.82, 2.24) is 37.2 Å². The van der Waals surface area contributed by atoms with Crippen molar-refractivity contribution in [3.8, 4) is 5.75 Å². The van der Waals surface area contributed by atoms with Crippen molar-refractivity contribution < 1.29 is 63.3 Å². The number of guanidine groups is 1. The lowest BCUT2D eigenvalue weighted by molar-refractivity contribution is -0.142. The Morgan fingerprint density at radius 2 is 1.10 bits per heavy atom. The fourth-order valence-electron chi connectivity index (χ4n) is 6.15. The Hall–Kier alpha value is -7.09. The van der Waals surface area contributed by atoms with Gasteiger partial charge >= 0.3 is 5.97 Å². The molecular formula is C41H67N13O13. The molecule has 0 saturated carbocycles. The lowest BCUT2D eigenvalue weighted by Crippen LogP contribution is -2.62. The summed E-state index contributed by atoms with van der Waals surface area (Å²) in [6, 6.07) is -6.54. The van der Waals surface area contributed by atoms with Crippen molar-refractivity contribution >= 4 is 65.1 Å². The monoisotopic (exact) mass is 949 g/mol. The Kier molecular flexibility index (Phi) is 24.3. The van der Waals surface area contributed by atoms with E-state index in [4.69, 9.17) is 28.7 Å². The summed E-state index contributed by atoms with van der Waals surface area (Å²) < 4.78 is 0. The molecule has 0 radical (unpaired) electrons. The van der Waals surface area contributed by atoms with Gasteiger partial charge in [0.2, 0.25) is 53.2 Å². The Morgan fingerprint density at radius 1 is 0.612 bits per heavy atom. The number of phenols is 1. The van der Waals surface area contributed by atoms with Crippen LogP contribution in [0.1, 0.15) is 79.2 Å². The van der Waals surface area contributed by atoms with Gasteiger partial charge in [-0.3, -0.25) is 52.9 Å². The number of aromatic hydroxyl groups is 1. The molecule has 20 N–H and O–H groups in total. The number of benzene rings is 1. The number of primary amides is 2. The number of aliphatic hydroxyl groups is 1. The van der Waals surface area contributed by atoms with E-state index >= 15 is 0 Å². The number of hydrogen-bond acceptors (Lipinski definition) is 14. The summed E-state index contributed by atoms with van der Waals surface area (Å²) in [6.45, 7) is 9.09. The molecule has 26 nitrogen and oxygen atoms in total. The number of nitrogens with one attached hydrogen (secondary N) is 7. The highest BCUT2D eigenvalue weighted by Gasteiger charge is 2.37. The predicted octanol–water partition coefficient (Wildman–Crippen LogP) is -5.35. The zero-order valence-corrected chi connectivity index (χ0v) is 38.4. The second-order valence-corrected chi connectivity index (χ2v) is 16.7. The number of aliphatic hydroxyl groups excluding tert-OH is 1. The highest BCUT2D eigenvalue weighted by atomic mass is 16.4. The molecule has 0 saturated heterocycles. The molecule has 0 spiro atoms. The standard InChI is InChI=1S/C41H67N13O13/c1-18(2)14-26(37(64)53-31(19(3)4)39(66)48-20(5)33(44)60)50-36(63)28(17-30(58)59)52-40(67)32(21(6)55)54-38(65)27(15-22-9-11-23(56)12-10-22)51-35(62)25(8-7-13-47-41(45)46)49-34(61)24(42)16-29(43)57/h9-12,18-21,24-28,31-32,55-56H,7-8,13-17,42H2,1-6H3,(H2,43,57)(H2,44,60)(H,48,66)(H,49,61)(H,50,63)(H,51,62)(H,52,67)(H,53,64)(H,54,65)(H,58,59)(H4,45,46,47). The molecule has 1 aromatic rings. The topological polar surface area (TPSA) is 458 Å². The van der Waals surface area contributed by atoms with Gasteiger partial charge in [0.15, 0.2) is 5.96 Å². The summed E-state index contributed by atoms with van der Waals surface area (Å²) in [6.07, 6.45) is -3.69. The van der Waals surface area contributed by atoms with E-state index in [2.05, 4.69) is 42.2 Å². The summed E-state index contributed by atoms with van der Waals surface area (Å²) >= 11 is 0. The van der Waals surface area contributed by atoms with Crippen LogP contribution in [0, 0.1) is 11.8 Å². The molecule has 67 heavy (non-hydrogen) atoms. The summed E-state index contributed by atoms with van der Waals surface area (Å²) in [5, 5.41) is 47.0. The Morgan fingerprint density at radius 3 is 1.61 bits per heavy atom. The molecule has 9 unspecified atom stereocenters. The van der Waals surface area contributed by atoms with Crippen LogP contribution in [-0.4, -0.2) is 141 Å². The number of carbonyl (C=O) groups is 10. The molecule has 374 valence electrons. The molecule has 0 heterocycles. The number of carboxylic acids is 1. The number of amides is 9. The largest absolute Gasteiger partial charge is 0.508 e. The van der Waals surface area contributed by atoms with Crippen molar-refractivity contribution in [2.45, 2.75) is 135 Å². The lowest BCUT2D eigenvalue weighted by atomic mass is 9.99. The number of nitrogens with two attached hydrogens (primary N) is 5. The first-order chi connectivity index (χ1) is 31.1. The molecule has 1 rings (SSSR count). The third-order valence-electron chi connectivity index (χ3n) is 9.79. The maximum Gasteiger partial charge on any atom is 0.305 e. The molecule has 0 aliphatic rings. The summed E-state index contributed by atoms with van der Waals surface area (Å²) in [7, 11) is 0. The number of carbonyl (C=O) groups excluding carboxylic acids is 9.